The Balaban J connectivity index is 2.22. The monoisotopic (exact) mass is 310 g/mol. The normalized spacial score (nSPS) is 17.1. The van der Waals surface area contributed by atoms with Crippen molar-refractivity contribution in [3.63, 3.8) is 0 Å². The third kappa shape index (κ3) is 2.85. The van der Waals surface area contributed by atoms with Crippen molar-refractivity contribution in [3.8, 4) is 0 Å². The van der Waals surface area contributed by atoms with Crippen molar-refractivity contribution in [2.75, 3.05) is 13.2 Å². The van der Waals surface area contributed by atoms with Gasteiger partial charge in [-0.2, -0.15) is 4.31 Å². The molecule has 1 N–H and O–H groups in total. The van der Waals surface area contributed by atoms with E-state index >= 15 is 0 Å². The molecule has 1 saturated carbocycles. The molecule has 1 aromatic heterocycles. The van der Waals surface area contributed by atoms with Crippen LogP contribution in [0.3, 0.4) is 0 Å². The number of rotatable bonds is 6. The molecule has 0 bridgehead atoms. The minimum absolute atomic E-state index is 0.0117. The third-order valence-electron chi connectivity index (χ3n) is 3.04. The van der Waals surface area contributed by atoms with Crippen LogP contribution in [0.1, 0.15) is 25.7 Å². The summed E-state index contributed by atoms with van der Waals surface area (Å²) in [5, 5.41) is 8.88. The maximum atomic E-state index is 12.4. The van der Waals surface area contributed by atoms with E-state index in [4.69, 9.17) is 16.7 Å². The summed E-state index contributed by atoms with van der Waals surface area (Å²) in [5.74, 6) is 0. The number of thiazole rings is 1. The van der Waals surface area contributed by atoms with E-state index in [0.29, 0.717) is 13.0 Å². The zero-order valence-electron chi connectivity index (χ0n) is 9.75. The van der Waals surface area contributed by atoms with Gasteiger partial charge >= 0.3 is 0 Å². The average molecular weight is 311 g/mol. The standard InChI is InChI=1S/C10H15ClN2O3S2/c11-10-12-7-9(17-10)18(15,16)13(5-2-6-14)8-3-1-4-8/h7-8,14H,1-6H2. The first kappa shape index (κ1) is 14.2. The molecule has 1 aromatic rings. The van der Waals surface area contributed by atoms with Gasteiger partial charge in [-0.25, -0.2) is 13.4 Å². The lowest BCUT2D eigenvalue weighted by atomic mass is 9.93. The van der Waals surface area contributed by atoms with Crippen LogP contribution in [0, 0.1) is 0 Å². The molecule has 1 heterocycles. The van der Waals surface area contributed by atoms with Crippen LogP contribution in [-0.2, 0) is 10.0 Å². The molecule has 0 spiro atoms. The van der Waals surface area contributed by atoms with Crippen molar-refractivity contribution in [1.82, 2.24) is 9.29 Å². The molecule has 0 saturated heterocycles. The van der Waals surface area contributed by atoms with E-state index in [1.807, 2.05) is 0 Å². The van der Waals surface area contributed by atoms with Crippen LogP contribution in [-0.4, -0.2) is 42.0 Å². The summed E-state index contributed by atoms with van der Waals surface area (Å²) in [6.45, 7) is 0.335. The molecule has 1 aliphatic rings. The Morgan fingerprint density at radius 1 is 1.56 bits per heavy atom. The van der Waals surface area contributed by atoms with Gasteiger partial charge in [0, 0.05) is 19.2 Å². The Morgan fingerprint density at radius 2 is 2.28 bits per heavy atom. The Hall–Kier alpha value is -0.210. The summed E-state index contributed by atoms with van der Waals surface area (Å²) < 4.78 is 26.8. The van der Waals surface area contributed by atoms with E-state index in [1.165, 1.54) is 10.5 Å². The number of hydrogen-bond donors (Lipinski definition) is 1. The number of halogens is 1. The Morgan fingerprint density at radius 3 is 2.72 bits per heavy atom. The van der Waals surface area contributed by atoms with Crippen LogP contribution in [0.25, 0.3) is 0 Å². The number of aromatic nitrogens is 1. The van der Waals surface area contributed by atoms with Crippen LogP contribution < -0.4 is 0 Å². The fraction of sp³-hybridized carbons (Fsp3) is 0.700. The number of aliphatic hydroxyl groups excluding tert-OH is 1. The number of aliphatic hydroxyl groups is 1. The quantitative estimate of drug-likeness (QED) is 0.868. The maximum absolute atomic E-state index is 12.4. The second-order valence-electron chi connectivity index (χ2n) is 4.21. The molecular formula is C10H15ClN2O3S2. The van der Waals surface area contributed by atoms with Gasteiger partial charge in [-0.1, -0.05) is 29.4 Å². The molecule has 0 aromatic carbocycles. The van der Waals surface area contributed by atoms with Gasteiger partial charge in [0.05, 0.1) is 6.20 Å². The highest BCUT2D eigenvalue weighted by atomic mass is 35.5. The second kappa shape index (κ2) is 5.83. The van der Waals surface area contributed by atoms with E-state index in [1.54, 1.807) is 0 Å². The summed E-state index contributed by atoms with van der Waals surface area (Å²) in [6.07, 6.45) is 4.57. The van der Waals surface area contributed by atoms with Gasteiger partial charge in [0.2, 0.25) is 0 Å². The fourth-order valence-electron chi connectivity index (χ4n) is 1.87. The molecule has 0 radical (unpaired) electrons. The zero-order chi connectivity index (χ0) is 13.2. The Kier molecular flexibility index (Phi) is 4.60. The van der Waals surface area contributed by atoms with Crippen LogP contribution in [0.2, 0.25) is 4.47 Å². The van der Waals surface area contributed by atoms with Crippen molar-refractivity contribution < 1.29 is 13.5 Å². The molecule has 1 aliphatic carbocycles. The van der Waals surface area contributed by atoms with Gasteiger partial charge in [-0.15, -0.1) is 0 Å². The van der Waals surface area contributed by atoms with E-state index in [9.17, 15) is 8.42 Å². The number of sulfonamides is 1. The Labute approximate surface area is 115 Å². The minimum Gasteiger partial charge on any atom is -0.396 e. The highest BCUT2D eigenvalue weighted by Crippen LogP contribution is 2.32. The number of hydrogen-bond acceptors (Lipinski definition) is 5. The van der Waals surface area contributed by atoms with Crippen molar-refractivity contribution >= 4 is 33.0 Å². The lowest BCUT2D eigenvalue weighted by molar-refractivity contribution is 0.199. The Bertz CT molecular complexity index is 499. The summed E-state index contributed by atoms with van der Waals surface area (Å²) in [4.78, 5) is 3.78. The predicted octanol–water partition coefficient (Wildman–Crippen LogP) is 1.72. The highest BCUT2D eigenvalue weighted by molar-refractivity contribution is 7.91. The van der Waals surface area contributed by atoms with Gasteiger partial charge in [-0.05, 0) is 19.3 Å². The smallest absolute Gasteiger partial charge is 0.254 e. The van der Waals surface area contributed by atoms with E-state index in [0.717, 1.165) is 30.6 Å². The fourth-order valence-corrected chi connectivity index (χ4v) is 5.02. The highest BCUT2D eigenvalue weighted by Gasteiger charge is 2.35. The SMILES string of the molecule is O=S(=O)(c1cnc(Cl)s1)N(CCCO)C1CCC1. The average Bonchev–Trinajstić information content (AvgIpc) is 2.68. The van der Waals surface area contributed by atoms with E-state index < -0.39 is 10.0 Å². The maximum Gasteiger partial charge on any atom is 0.254 e. The van der Waals surface area contributed by atoms with Gasteiger partial charge in [0.15, 0.2) is 8.68 Å². The first-order chi connectivity index (χ1) is 8.55. The van der Waals surface area contributed by atoms with Gasteiger partial charge in [0.1, 0.15) is 0 Å². The molecule has 18 heavy (non-hydrogen) atoms. The number of nitrogens with zero attached hydrogens (tertiary/aromatic N) is 2. The molecule has 1 fully saturated rings. The predicted molar refractivity (Wildman–Crippen MR) is 70.4 cm³/mol. The van der Waals surface area contributed by atoms with Crippen LogP contribution >= 0.6 is 22.9 Å². The summed E-state index contributed by atoms with van der Waals surface area (Å²) >= 11 is 6.66. The van der Waals surface area contributed by atoms with Gasteiger partial charge in [0.25, 0.3) is 10.0 Å². The van der Waals surface area contributed by atoms with Crippen LogP contribution in [0.5, 0.6) is 0 Å². The third-order valence-corrected chi connectivity index (χ3v) is 6.54. The van der Waals surface area contributed by atoms with Gasteiger partial charge in [-0.3, -0.25) is 0 Å². The largest absolute Gasteiger partial charge is 0.396 e. The zero-order valence-corrected chi connectivity index (χ0v) is 12.1. The van der Waals surface area contributed by atoms with E-state index in [-0.39, 0.29) is 21.3 Å². The minimum atomic E-state index is -3.52. The molecule has 0 aliphatic heterocycles. The first-order valence-corrected chi connectivity index (χ1v) is 8.43. The molecule has 0 amide bonds. The topological polar surface area (TPSA) is 70.5 Å². The van der Waals surface area contributed by atoms with Crippen molar-refractivity contribution in [2.24, 2.45) is 0 Å². The van der Waals surface area contributed by atoms with Crippen molar-refractivity contribution in [3.05, 3.63) is 10.7 Å². The molecular weight excluding hydrogens is 296 g/mol. The van der Waals surface area contributed by atoms with Crippen LogP contribution in [0.4, 0.5) is 0 Å². The van der Waals surface area contributed by atoms with Crippen molar-refractivity contribution in [2.45, 2.75) is 35.9 Å². The van der Waals surface area contributed by atoms with Crippen molar-refractivity contribution in [1.29, 1.82) is 0 Å². The summed E-state index contributed by atoms with van der Waals surface area (Å²) in [7, 11) is -3.52. The lowest BCUT2D eigenvalue weighted by Gasteiger charge is -2.36. The summed E-state index contributed by atoms with van der Waals surface area (Å²) in [6, 6.07) is 0.0578. The second-order valence-corrected chi connectivity index (χ2v) is 7.94. The molecule has 0 unspecified atom stereocenters. The molecule has 0 atom stereocenters. The van der Waals surface area contributed by atoms with E-state index in [2.05, 4.69) is 4.98 Å². The lowest BCUT2D eigenvalue weighted by Crippen LogP contribution is -2.44. The molecule has 102 valence electrons. The first-order valence-electron chi connectivity index (χ1n) is 5.79. The molecule has 8 heteroatoms. The summed E-state index contributed by atoms with van der Waals surface area (Å²) in [5.41, 5.74) is 0. The molecule has 2 rings (SSSR count). The van der Waals surface area contributed by atoms with Crippen LogP contribution in [0.15, 0.2) is 10.4 Å². The molecule has 5 nitrogen and oxygen atoms in total. The van der Waals surface area contributed by atoms with Gasteiger partial charge < -0.3 is 5.11 Å².